The van der Waals surface area contributed by atoms with Gasteiger partial charge in [-0.3, -0.25) is 0 Å². The number of ether oxygens (including phenoxy) is 4. The molecule has 0 aromatic heterocycles. The molecule has 3 unspecified atom stereocenters. The van der Waals surface area contributed by atoms with Crippen molar-refractivity contribution in [2.24, 2.45) is 0 Å². The molecule has 0 spiro atoms. The molecule has 0 saturated carbocycles. The van der Waals surface area contributed by atoms with Crippen molar-refractivity contribution in [3.63, 3.8) is 0 Å². The van der Waals surface area contributed by atoms with E-state index in [1.807, 2.05) is 24.3 Å². The Morgan fingerprint density at radius 3 is 2.49 bits per heavy atom. The van der Waals surface area contributed by atoms with E-state index in [0.717, 1.165) is 53.6 Å². The fourth-order valence-corrected chi connectivity index (χ4v) is 5.48. The van der Waals surface area contributed by atoms with Gasteiger partial charge in [-0.2, -0.15) is 0 Å². The molecule has 7 heteroatoms. The molecule has 228 valence electrons. The zero-order valence-corrected chi connectivity index (χ0v) is 24.7. The Hall–Kier alpha value is -3.30. The second-order valence-corrected chi connectivity index (χ2v) is 11.1. The van der Waals surface area contributed by atoms with Gasteiger partial charge >= 0.3 is 0 Å². The van der Waals surface area contributed by atoms with E-state index in [2.05, 4.69) is 72.0 Å². The van der Waals surface area contributed by atoms with E-state index in [-0.39, 0.29) is 19.3 Å². The summed E-state index contributed by atoms with van der Waals surface area (Å²) in [4.78, 5) is 0. The standard InChI is InChI=1S/C36H43NO6/c38-22-32(39)26-41-24-28-10-11-29-8-4-9-31(35(29)20-28)25-43-36-21-37-17-16-34(36)30-12-14-33(15-13-30)42-19-5-18-40-23-27-6-2-1-3-7-27/h1-4,6-15,20,32,34,36-39H,5,16-19,21-26H2. The zero-order valence-electron chi connectivity index (χ0n) is 24.7. The van der Waals surface area contributed by atoms with Gasteiger partial charge in [0.1, 0.15) is 11.9 Å². The summed E-state index contributed by atoms with van der Waals surface area (Å²) in [5, 5.41) is 24.3. The van der Waals surface area contributed by atoms with Crippen molar-refractivity contribution >= 4 is 10.8 Å². The third kappa shape index (κ3) is 9.34. The molecular weight excluding hydrogens is 542 g/mol. The molecule has 1 aliphatic rings. The van der Waals surface area contributed by atoms with Crippen LogP contribution >= 0.6 is 0 Å². The van der Waals surface area contributed by atoms with E-state index in [1.165, 1.54) is 11.1 Å². The first kappa shape index (κ1) is 31.1. The van der Waals surface area contributed by atoms with Crippen LogP contribution in [0.1, 0.15) is 41.0 Å². The molecule has 0 radical (unpaired) electrons. The average Bonchev–Trinajstić information content (AvgIpc) is 3.06. The second kappa shape index (κ2) is 16.5. The normalized spacial score (nSPS) is 17.6. The van der Waals surface area contributed by atoms with Gasteiger partial charge < -0.3 is 34.5 Å². The minimum atomic E-state index is -0.861. The topological polar surface area (TPSA) is 89.4 Å². The summed E-state index contributed by atoms with van der Waals surface area (Å²) < 4.78 is 23.9. The number of rotatable bonds is 16. The largest absolute Gasteiger partial charge is 0.494 e. The number of nitrogens with one attached hydrogen (secondary N) is 1. The van der Waals surface area contributed by atoms with Crippen LogP contribution in [0.2, 0.25) is 0 Å². The van der Waals surface area contributed by atoms with Crippen molar-refractivity contribution < 1.29 is 29.2 Å². The molecule has 7 nitrogen and oxygen atoms in total. The first-order chi connectivity index (χ1) is 21.2. The highest BCUT2D eigenvalue weighted by molar-refractivity contribution is 5.86. The lowest BCUT2D eigenvalue weighted by Gasteiger charge is -2.32. The fraction of sp³-hybridized carbons (Fsp3) is 0.389. The molecule has 0 bridgehead atoms. The molecule has 4 aromatic rings. The smallest absolute Gasteiger partial charge is 0.119 e. The van der Waals surface area contributed by atoms with Crippen LogP contribution in [-0.2, 0) is 34.0 Å². The minimum Gasteiger partial charge on any atom is -0.494 e. The van der Waals surface area contributed by atoms with Gasteiger partial charge in [-0.05, 0) is 64.2 Å². The summed E-state index contributed by atoms with van der Waals surface area (Å²) in [6.45, 7) is 4.38. The van der Waals surface area contributed by atoms with Gasteiger partial charge in [0.05, 0.1) is 52.4 Å². The monoisotopic (exact) mass is 585 g/mol. The molecule has 0 aliphatic carbocycles. The van der Waals surface area contributed by atoms with Crippen LogP contribution in [0.25, 0.3) is 10.8 Å². The molecule has 4 aromatic carbocycles. The maximum atomic E-state index is 9.55. The highest BCUT2D eigenvalue weighted by Crippen LogP contribution is 2.31. The maximum absolute atomic E-state index is 9.55. The summed E-state index contributed by atoms with van der Waals surface area (Å²) >= 11 is 0. The minimum absolute atomic E-state index is 0.0593. The van der Waals surface area contributed by atoms with Crippen LogP contribution in [0.15, 0.2) is 91.0 Å². The number of hydrogen-bond donors (Lipinski definition) is 3. The third-order valence-corrected chi connectivity index (χ3v) is 7.83. The molecule has 3 N–H and O–H groups in total. The lowest BCUT2D eigenvalue weighted by atomic mass is 9.87. The number of benzene rings is 4. The highest BCUT2D eigenvalue weighted by Gasteiger charge is 2.27. The van der Waals surface area contributed by atoms with Crippen LogP contribution in [0.4, 0.5) is 0 Å². The zero-order chi connectivity index (χ0) is 29.7. The summed E-state index contributed by atoms with van der Waals surface area (Å²) in [7, 11) is 0. The van der Waals surface area contributed by atoms with Crippen LogP contribution in [0.5, 0.6) is 5.75 Å². The molecule has 1 saturated heterocycles. The summed E-state index contributed by atoms with van der Waals surface area (Å²) in [5.74, 6) is 1.18. The Kier molecular flexibility index (Phi) is 12.0. The van der Waals surface area contributed by atoms with Gasteiger partial charge in [0.25, 0.3) is 0 Å². The number of piperidine rings is 1. The molecule has 43 heavy (non-hydrogen) atoms. The fourth-order valence-electron chi connectivity index (χ4n) is 5.48. The summed E-state index contributed by atoms with van der Waals surface area (Å²) in [6.07, 6.45) is 1.05. The highest BCUT2D eigenvalue weighted by atomic mass is 16.5. The van der Waals surface area contributed by atoms with Gasteiger partial charge in [0, 0.05) is 18.9 Å². The second-order valence-electron chi connectivity index (χ2n) is 11.1. The van der Waals surface area contributed by atoms with Crippen molar-refractivity contribution in [1.82, 2.24) is 5.32 Å². The quantitative estimate of drug-likeness (QED) is 0.153. The third-order valence-electron chi connectivity index (χ3n) is 7.83. The van der Waals surface area contributed by atoms with Crippen molar-refractivity contribution in [2.45, 2.75) is 50.8 Å². The molecule has 1 heterocycles. The Labute approximate surface area is 254 Å². The number of hydrogen-bond acceptors (Lipinski definition) is 7. The Balaban J connectivity index is 1.12. The molecular formula is C36H43NO6. The van der Waals surface area contributed by atoms with E-state index in [4.69, 9.17) is 24.1 Å². The predicted molar refractivity (Wildman–Crippen MR) is 168 cm³/mol. The van der Waals surface area contributed by atoms with E-state index in [9.17, 15) is 5.11 Å². The molecule has 0 amide bonds. The molecule has 1 fully saturated rings. The van der Waals surface area contributed by atoms with Crippen LogP contribution in [-0.4, -0.2) is 61.9 Å². The van der Waals surface area contributed by atoms with Crippen molar-refractivity contribution in [2.75, 3.05) is 39.5 Å². The summed E-state index contributed by atoms with van der Waals surface area (Å²) in [5.41, 5.74) is 4.61. The van der Waals surface area contributed by atoms with Crippen LogP contribution in [0.3, 0.4) is 0 Å². The van der Waals surface area contributed by atoms with Crippen molar-refractivity contribution in [3.8, 4) is 5.75 Å². The lowest BCUT2D eigenvalue weighted by Crippen LogP contribution is -2.40. The number of aliphatic hydroxyl groups is 2. The first-order valence-electron chi connectivity index (χ1n) is 15.2. The van der Waals surface area contributed by atoms with Gasteiger partial charge in [0.2, 0.25) is 0 Å². The van der Waals surface area contributed by atoms with Crippen LogP contribution in [0, 0.1) is 0 Å². The van der Waals surface area contributed by atoms with E-state index in [0.29, 0.717) is 39.0 Å². The Morgan fingerprint density at radius 1 is 0.814 bits per heavy atom. The van der Waals surface area contributed by atoms with Crippen molar-refractivity contribution in [3.05, 3.63) is 113 Å². The number of fused-ring (bicyclic) bond motifs is 1. The van der Waals surface area contributed by atoms with E-state index < -0.39 is 6.10 Å². The molecule has 1 aliphatic heterocycles. The maximum Gasteiger partial charge on any atom is 0.119 e. The van der Waals surface area contributed by atoms with Gasteiger partial charge in [0.15, 0.2) is 0 Å². The average molecular weight is 586 g/mol. The predicted octanol–water partition coefficient (Wildman–Crippen LogP) is 5.36. The van der Waals surface area contributed by atoms with Gasteiger partial charge in [-0.1, -0.05) is 72.8 Å². The number of aliphatic hydroxyl groups excluding tert-OH is 2. The Bertz CT molecular complexity index is 1380. The SMILES string of the molecule is OCC(O)COCc1ccc2cccc(COC3CNCCC3c3ccc(OCCCOCc4ccccc4)cc3)c2c1. The van der Waals surface area contributed by atoms with Gasteiger partial charge in [-0.25, -0.2) is 0 Å². The molecule has 3 atom stereocenters. The van der Waals surface area contributed by atoms with Crippen molar-refractivity contribution in [1.29, 1.82) is 0 Å². The van der Waals surface area contributed by atoms with Gasteiger partial charge in [-0.15, -0.1) is 0 Å². The summed E-state index contributed by atoms with van der Waals surface area (Å²) in [6, 6.07) is 31.2. The Morgan fingerprint density at radius 2 is 1.65 bits per heavy atom. The molecule has 5 rings (SSSR count). The van der Waals surface area contributed by atoms with Crippen LogP contribution < -0.4 is 10.1 Å². The lowest BCUT2D eigenvalue weighted by molar-refractivity contribution is 0.0000380. The van der Waals surface area contributed by atoms with E-state index in [1.54, 1.807) is 0 Å². The van der Waals surface area contributed by atoms with E-state index >= 15 is 0 Å². The first-order valence-corrected chi connectivity index (χ1v) is 15.2.